The quantitative estimate of drug-likeness (QED) is 0.802. The maximum Gasteiger partial charge on any atom is 0.451 e. The molecule has 0 aliphatic heterocycles. The van der Waals surface area contributed by atoms with E-state index in [2.05, 4.69) is 36.5 Å². The van der Waals surface area contributed by atoms with E-state index in [4.69, 9.17) is 0 Å². The van der Waals surface area contributed by atoms with Gasteiger partial charge in [-0.05, 0) is 28.1 Å². The molecule has 0 amide bonds. The highest BCUT2D eigenvalue weighted by Crippen LogP contribution is 2.31. The number of anilines is 3. The lowest BCUT2D eigenvalue weighted by molar-refractivity contribution is -0.144. The van der Waals surface area contributed by atoms with Gasteiger partial charge in [0.25, 0.3) is 0 Å². The summed E-state index contributed by atoms with van der Waals surface area (Å²) in [5.41, 5.74) is -0.00798. The summed E-state index contributed by atoms with van der Waals surface area (Å²) in [6.07, 6.45) is -4.70. The Hall–Kier alpha value is -1.90. The van der Waals surface area contributed by atoms with Crippen molar-refractivity contribution in [2.75, 3.05) is 17.7 Å². The Morgan fingerprint density at radius 1 is 1.14 bits per heavy atom. The van der Waals surface area contributed by atoms with Crippen LogP contribution >= 0.6 is 15.9 Å². The minimum absolute atomic E-state index is 0.00798. The Kier molecular flexibility index (Phi) is 4.31. The van der Waals surface area contributed by atoms with Crippen LogP contribution < -0.4 is 10.6 Å². The molecule has 0 radical (unpaired) electrons. The lowest BCUT2D eigenvalue weighted by Gasteiger charge is -2.12. The molecule has 0 unspecified atom stereocenters. The first-order chi connectivity index (χ1) is 9.81. The minimum Gasteiger partial charge on any atom is -0.373 e. The maximum absolute atomic E-state index is 13.7. The van der Waals surface area contributed by atoms with Gasteiger partial charge in [-0.1, -0.05) is 6.07 Å². The zero-order valence-corrected chi connectivity index (χ0v) is 12.2. The summed E-state index contributed by atoms with van der Waals surface area (Å²) in [5.74, 6) is -2.15. The van der Waals surface area contributed by atoms with Gasteiger partial charge in [0.2, 0.25) is 5.82 Å². The molecule has 21 heavy (non-hydrogen) atoms. The topological polar surface area (TPSA) is 49.8 Å². The molecule has 0 spiro atoms. The van der Waals surface area contributed by atoms with Gasteiger partial charge < -0.3 is 10.6 Å². The highest BCUT2D eigenvalue weighted by atomic mass is 79.9. The van der Waals surface area contributed by atoms with Gasteiger partial charge in [-0.3, -0.25) is 0 Å². The van der Waals surface area contributed by atoms with E-state index in [0.717, 1.165) is 0 Å². The molecular formula is C12H9BrF4N4. The number of nitrogens with zero attached hydrogens (tertiary/aromatic N) is 2. The van der Waals surface area contributed by atoms with Crippen LogP contribution in [-0.4, -0.2) is 17.0 Å². The minimum atomic E-state index is -4.70. The van der Waals surface area contributed by atoms with Gasteiger partial charge in [0, 0.05) is 17.6 Å². The van der Waals surface area contributed by atoms with Gasteiger partial charge in [0.05, 0.1) is 5.69 Å². The second-order valence-electron chi connectivity index (χ2n) is 3.93. The Balaban J connectivity index is 2.45. The van der Waals surface area contributed by atoms with Crippen LogP contribution in [-0.2, 0) is 6.18 Å². The maximum atomic E-state index is 13.7. The van der Waals surface area contributed by atoms with Crippen LogP contribution in [0.15, 0.2) is 28.7 Å². The van der Waals surface area contributed by atoms with Crippen LogP contribution in [0.4, 0.5) is 34.9 Å². The van der Waals surface area contributed by atoms with E-state index in [1.54, 1.807) is 6.07 Å². The van der Waals surface area contributed by atoms with Crippen molar-refractivity contribution in [2.24, 2.45) is 0 Å². The smallest absolute Gasteiger partial charge is 0.373 e. The van der Waals surface area contributed by atoms with E-state index in [1.165, 1.54) is 25.2 Å². The lowest BCUT2D eigenvalue weighted by atomic mass is 10.3. The zero-order valence-electron chi connectivity index (χ0n) is 10.6. The molecule has 0 aliphatic rings. The summed E-state index contributed by atoms with van der Waals surface area (Å²) in [6, 6.07) is 5.44. The van der Waals surface area contributed by atoms with Gasteiger partial charge in [-0.25, -0.2) is 14.4 Å². The molecule has 0 saturated heterocycles. The van der Waals surface area contributed by atoms with Crippen molar-refractivity contribution in [3.05, 3.63) is 40.4 Å². The molecule has 1 heterocycles. The van der Waals surface area contributed by atoms with Gasteiger partial charge in [0.1, 0.15) is 17.5 Å². The van der Waals surface area contributed by atoms with Gasteiger partial charge in [0.15, 0.2) is 0 Å². The third-order valence-electron chi connectivity index (χ3n) is 2.45. The molecule has 9 heteroatoms. The summed E-state index contributed by atoms with van der Waals surface area (Å²) in [6.45, 7) is 0. The predicted octanol–water partition coefficient (Wildman–Crippen LogP) is 4.18. The number of hydrogen-bond acceptors (Lipinski definition) is 4. The predicted molar refractivity (Wildman–Crippen MR) is 74.0 cm³/mol. The van der Waals surface area contributed by atoms with Gasteiger partial charge in [-0.2, -0.15) is 13.2 Å². The molecule has 1 aromatic carbocycles. The van der Waals surface area contributed by atoms with Gasteiger partial charge in [-0.15, -0.1) is 0 Å². The molecule has 0 saturated carbocycles. The molecule has 0 bridgehead atoms. The van der Waals surface area contributed by atoms with E-state index in [0.29, 0.717) is 4.47 Å². The van der Waals surface area contributed by atoms with Crippen LogP contribution in [0, 0.1) is 5.82 Å². The van der Waals surface area contributed by atoms with Crippen molar-refractivity contribution in [1.29, 1.82) is 0 Å². The Morgan fingerprint density at radius 3 is 2.38 bits per heavy atom. The zero-order chi connectivity index (χ0) is 15.6. The Bertz CT molecular complexity index is 640. The molecule has 0 aliphatic carbocycles. The third-order valence-corrected chi connectivity index (χ3v) is 3.11. The fourth-order valence-electron chi connectivity index (χ4n) is 1.51. The first kappa shape index (κ1) is 15.5. The number of hydrogen-bond donors (Lipinski definition) is 2. The molecule has 2 N–H and O–H groups in total. The fourth-order valence-corrected chi connectivity index (χ4v) is 1.95. The lowest BCUT2D eigenvalue weighted by Crippen LogP contribution is -2.14. The Morgan fingerprint density at radius 2 is 1.81 bits per heavy atom. The van der Waals surface area contributed by atoms with Crippen molar-refractivity contribution >= 4 is 33.3 Å². The van der Waals surface area contributed by atoms with Crippen molar-refractivity contribution in [1.82, 2.24) is 9.97 Å². The molecule has 1 aromatic heterocycles. The first-order valence-corrected chi connectivity index (χ1v) is 6.45. The van der Waals surface area contributed by atoms with Crippen LogP contribution in [0.3, 0.4) is 0 Å². The number of nitrogens with one attached hydrogen (secondary N) is 2. The molecule has 112 valence electrons. The van der Waals surface area contributed by atoms with E-state index >= 15 is 0 Å². The first-order valence-electron chi connectivity index (χ1n) is 5.66. The SMILES string of the molecule is CNc1cc(Nc2c(F)cccc2Br)nc(C(F)(F)F)n1. The van der Waals surface area contributed by atoms with E-state index in [1.807, 2.05) is 0 Å². The van der Waals surface area contributed by atoms with Crippen LogP contribution in [0.25, 0.3) is 0 Å². The van der Waals surface area contributed by atoms with E-state index in [9.17, 15) is 17.6 Å². The number of benzene rings is 1. The number of alkyl halides is 3. The third kappa shape index (κ3) is 3.60. The second-order valence-corrected chi connectivity index (χ2v) is 4.79. The highest BCUT2D eigenvalue weighted by Gasteiger charge is 2.35. The molecule has 2 rings (SSSR count). The molecular weight excluding hydrogens is 356 g/mol. The van der Waals surface area contributed by atoms with Crippen molar-refractivity contribution in [3.63, 3.8) is 0 Å². The summed E-state index contributed by atoms with van der Waals surface area (Å²) in [5, 5.41) is 5.01. The highest BCUT2D eigenvalue weighted by molar-refractivity contribution is 9.10. The number of aromatic nitrogens is 2. The van der Waals surface area contributed by atoms with E-state index in [-0.39, 0.29) is 17.3 Å². The van der Waals surface area contributed by atoms with Crippen LogP contribution in [0.2, 0.25) is 0 Å². The monoisotopic (exact) mass is 364 g/mol. The largest absolute Gasteiger partial charge is 0.451 e. The van der Waals surface area contributed by atoms with Crippen molar-refractivity contribution in [3.8, 4) is 0 Å². The number of para-hydroxylation sites is 1. The summed E-state index contributed by atoms with van der Waals surface area (Å²) < 4.78 is 52.2. The van der Waals surface area contributed by atoms with Crippen molar-refractivity contribution in [2.45, 2.75) is 6.18 Å². The van der Waals surface area contributed by atoms with Crippen LogP contribution in [0.1, 0.15) is 5.82 Å². The Labute approximate surface area is 125 Å². The summed E-state index contributed by atoms with van der Waals surface area (Å²) >= 11 is 3.11. The molecule has 0 atom stereocenters. The normalized spacial score (nSPS) is 11.3. The molecule has 0 fully saturated rings. The van der Waals surface area contributed by atoms with E-state index < -0.39 is 17.8 Å². The fraction of sp³-hybridized carbons (Fsp3) is 0.167. The average Bonchev–Trinajstić information content (AvgIpc) is 2.42. The summed E-state index contributed by atoms with van der Waals surface area (Å²) in [4.78, 5) is 6.67. The molecule has 4 nitrogen and oxygen atoms in total. The summed E-state index contributed by atoms with van der Waals surface area (Å²) in [7, 11) is 1.42. The standard InChI is InChI=1S/C12H9BrF4N4/c1-18-8-5-9(21-11(20-8)12(15,16)17)19-10-6(13)3-2-4-7(10)14/h2-5H,1H3,(H2,18,19,20,21). The van der Waals surface area contributed by atoms with Crippen molar-refractivity contribution < 1.29 is 17.6 Å². The van der Waals surface area contributed by atoms with Crippen LogP contribution in [0.5, 0.6) is 0 Å². The second kappa shape index (κ2) is 5.84. The number of rotatable bonds is 3. The number of halogens is 5. The molecule has 2 aromatic rings. The van der Waals surface area contributed by atoms with Gasteiger partial charge >= 0.3 is 6.18 Å². The average molecular weight is 365 g/mol.